The maximum Gasteiger partial charge on any atom is 0.258 e. The van der Waals surface area contributed by atoms with Crippen molar-refractivity contribution < 1.29 is 4.79 Å². The molecular weight excluding hydrogens is 328 g/mol. The van der Waals surface area contributed by atoms with Crippen molar-refractivity contribution >= 4 is 33.2 Å². The van der Waals surface area contributed by atoms with Crippen LogP contribution in [-0.2, 0) is 0 Å². The number of amides is 1. The van der Waals surface area contributed by atoms with Crippen molar-refractivity contribution in [1.82, 2.24) is 0 Å². The van der Waals surface area contributed by atoms with Gasteiger partial charge in [-0.1, -0.05) is 28.1 Å². The number of benzene rings is 2. The van der Waals surface area contributed by atoms with Gasteiger partial charge in [0.15, 0.2) is 0 Å². The van der Waals surface area contributed by atoms with Crippen molar-refractivity contribution in [2.24, 2.45) is 0 Å². The van der Waals surface area contributed by atoms with Gasteiger partial charge < -0.3 is 10.6 Å². The Labute approximate surface area is 133 Å². The number of rotatable bonds is 3. The van der Waals surface area contributed by atoms with Crippen molar-refractivity contribution in [2.45, 2.75) is 20.8 Å². The van der Waals surface area contributed by atoms with Crippen LogP contribution >= 0.6 is 15.9 Å². The Kier molecular flexibility index (Phi) is 4.68. The molecule has 0 fully saturated rings. The monoisotopic (exact) mass is 346 g/mol. The van der Waals surface area contributed by atoms with E-state index < -0.39 is 0 Å². The molecule has 3 nitrogen and oxygen atoms in total. The molecule has 2 rings (SSSR count). The zero-order valence-corrected chi connectivity index (χ0v) is 14.1. The number of carbonyl (C=O) groups is 1. The molecule has 0 aliphatic carbocycles. The maximum atomic E-state index is 12.9. The van der Waals surface area contributed by atoms with Crippen LogP contribution in [-0.4, -0.2) is 12.5 Å². The molecule has 0 aromatic heterocycles. The molecule has 4 heteroatoms. The van der Waals surface area contributed by atoms with Crippen molar-refractivity contribution in [1.29, 1.82) is 0 Å². The lowest BCUT2D eigenvalue weighted by molar-refractivity contribution is 0.0987. The lowest BCUT2D eigenvalue weighted by Crippen LogP contribution is -2.31. The van der Waals surface area contributed by atoms with Crippen LogP contribution in [0, 0.1) is 13.8 Å². The molecule has 0 heterocycles. The highest BCUT2D eigenvalue weighted by Gasteiger charge is 2.19. The van der Waals surface area contributed by atoms with E-state index in [0.717, 1.165) is 21.3 Å². The van der Waals surface area contributed by atoms with E-state index in [1.807, 2.05) is 57.2 Å². The number of hydrogen-bond donors (Lipinski definition) is 1. The molecule has 0 aliphatic rings. The minimum absolute atomic E-state index is 0.0337. The molecule has 21 heavy (non-hydrogen) atoms. The van der Waals surface area contributed by atoms with E-state index in [1.54, 1.807) is 4.90 Å². The lowest BCUT2D eigenvalue weighted by Gasteiger charge is -2.23. The smallest absolute Gasteiger partial charge is 0.258 e. The highest BCUT2D eigenvalue weighted by atomic mass is 79.9. The summed E-state index contributed by atoms with van der Waals surface area (Å²) in [6.45, 7) is 6.47. The SMILES string of the molecule is CCN(C(=O)c1cc(Br)cc(N)c1C)c1cccc(C)c1. The molecule has 0 radical (unpaired) electrons. The van der Waals surface area contributed by atoms with Gasteiger partial charge in [0.2, 0.25) is 0 Å². The highest BCUT2D eigenvalue weighted by molar-refractivity contribution is 9.10. The first kappa shape index (κ1) is 15.6. The summed E-state index contributed by atoms with van der Waals surface area (Å²) >= 11 is 3.40. The Morgan fingerprint density at radius 2 is 1.95 bits per heavy atom. The summed E-state index contributed by atoms with van der Waals surface area (Å²) in [7, 11) is 0. The van der Waals surface area contributed by atoms with Gasteiger partial charge in [-0.15, -0.1) is 0 Å². The quantitative estimate of drug-likeness (QED) is 0.841. The summed E-state index contributed by atoms with van der Waals surface area (Å²) in [6, 6.07) is 11.6. The van der Waals surface area contributed by atoms with E-state index in [9.17, 15) is 4.79 Å². The van der Waals surface area contributed by atoms with E-state index in [0.29, 0.717) is 17.8 Å². The standard InChI is InChI=1S/C17H19BrN2O/c1-4-20(14-7-5-6-11(2)8-14)17(21)15-9-13(18)10-16(19)12(15)3/h5-10H,4,19H2,1-3H3. The second-order valence-electron chi connectivity index (χ2n) is 5.06. The fourth-order valence-electron chi connectivity index (χ4n) is 2.31. The van der Waals surface area contributed by atoms with E-state index in [-0.39, 0.29) is 5.91 Å². The summed E-state index contributed by atoms with van der Waals surface area (Å²) in [4.78, 5) is 14.6. The number of nitrogen functional groups attached to an aromatic ring is 1. The van der Waals surface area contributed by atoms with Gasteiger partial charge in [-0.3, -0.25) is 4.79 Å². The van der Waals surface area contributed by atoms with Crippen LogP contribution in [0.15, 0.2) is 40.9 Å². The van der Waals surface area contributed by atoms with E-state index in [4.69, 9.17) is 5.73 Å². The minimum atomic E-state index is -0.0337. The topological polar surface area (TPSA) is 46.3 Å². The average Bonchev–Trinajstić information content (AvgIpc) is 2.43. The third kappa shape index (κ3) is 3.27. The molecule has 0 saturated heterocycles. The first-order chi connectivity index (χ1) is 9.93. The Morgan fingerprint density at radius 1 is 1.24 bits per heavy atom. The summed E-state index contributed by atoms with van der Waals surface area (Å²) in [5.41, 5.74) is 10.1. The molecule has 110 valence electrons. The molecule has 0 aliphatic heterocycles. The van der Waals surface area contributed by atoms with Crippen LogP contribution in [0.25, 0.3) is 0 Å². The molecule has 0 atom stereocenters. The van der Waals surface area contributed by atoms with Crippen LogP contribution in [0.5, 0.6) is 0 Å². The number of carbonyl (C=O) groups excluding carboxylic acids is 1. The van der Waals surface area contributed by atoms with Gasteiger partial charge in [0.05, 0.1) is 0 Å². The van der Waals surface area contributed by atoms with Crippen LogP contribution in [0.4, 0.5) is 11.4 Å². The highest BCUT2D eigenvalue weighted by Crippen LogP contribution is 2.26. The molecule has 2 N–H and O–H groups in total. The molecule has 0 bridgehead atoms. The maximum absolute atomic E-state index is 12.9. The van der Waals surface area contributed by atoms with Crippen LogP contribution in [0.1, 0.15) is 28.4 Å². The molecule has 0 spiro atoms. The molecule has 0 unspecified atom stereocenters. The van der Waals surface area contributed by atoms with Crippen molar-refractivity contribution in [3.8, 4) is 0 Å². The van der Waals surface area contributed by atoms with E-state index >= 15 is 0 Å². The largest absolute Gasteiger partial charge is 0.398 e. The Morgan fingerprint density at radius 3 is 2.57 bits per heavy atom. The first-order valence-electron chi connectivity index (χ1n) is 6.88. The summed E-state index contributed by atoms with van der Waals surface area (Å²) in [5, 5.41) is 0. The fourth-order valence-corrected chi connectivity index (χ4v) is 2.78. The number of hydrogen-bond acceptors (Lipinski definition) is 2. The lowest BCUT2D eigenvalue weighted by atomic mass is 10.1. The van der Waals surface area contributed by atoms with Gasteiger partial charge in [-0.2, -0.15) is 0 Å². The predicted octanol–water partition coefficient (Wildman–Crippen LogP) is 4.31. The fraction of sp³-hybridized carbons (Fsp3) is 0.235. The second kappa shape index (κ2) is 6.31. The summed E-state index contributed by atoms with van der Waals surface area (Å²) in [5.74, 6) is -0.0337. The van der Waals surface area contributed by atoms with Crippen molar-refractivity contribution in [3.63, 3.8) is 0 Å². The molecule has 0 saturated carbocycles. The molecular formula is C17H19BrN2O. The molecule has 1 amide bonds. The van der Waals surface area contributed by atoms with Gasteiger partial charge in [-0.25, -0.2) is 0 Å². The Hall–Kier alpha value is -1.81. The second-order valence-corrected chi connectivity index (χ2v) is 5.97. The summed E-state index contributed by atoms with van der Waals surface area (Å²) < 4.78 is 0.814. The zero-order valence-electron chi connectivity index (χ0n) is 12.5. The normalized spacial score (nSPS) is 10.5. The van der Waals surface area contributed by atoms with Crippen molar-refractivity contribution in [2.75, 3.05) is 17.2 Å². The number of aryl methyl sites for hydroxylation is 1. The number of anilines is 2. The van der Waals surface area contributed by atoms with Gasteiger partial charge in [-0.05, 0) is 56.2 Å². The van der Waals surface area contributed by atoms with Gasteiger partial charge in [0.25, 0.3) is 5.91 Å². The van der Waals surface area contributed by atoms with Gasteiger partial charge in [0.1, 0.15) is 0 Å². The first-order valence-corrected chi connectivity index (χ1v) is 7.67. The van der Waals surface area contributed by atoms with Crippen LogP contribution in [0.2, 0.25) is 0 Å². The van der Waals surface area contributed by atoms with Crippen LogP contribution < -0.4 is 10.6 Å². The Balaban J connectivity index is 2.46. The summed E-state index contributed by atoms with van der Waals surface area (Å²) in [6.07, 6.45) is 0. The van der Waals surface area contributed by atoms with Gasteiger partial charge in [0, 0.05) is 28.0 Å². The number of nitrogens with zero attached hydrogens (tertiary/aromatic N) is 1. The van der Waals surface area contributed by atoms with E-state index in [2.05, 4.69) is 15.9 Å². The zero-order chi connectivity index (χ0) is 15.6. The third-order valence-electron chi connectivity index (χ3n) is 3.52. The minimum Gasteiger partial charge on any atom is -0.398 e. The average molecular weight is 347 g/mol. The van der Waals surface area contributed by atoms with E-state index in [1.165, 1.54) is 0 Å². The molecule has 2 aromatic rings. The van der Waals surface area contributed by atoms with Gasteiger partial charge >= 0.3 is 0 Å². The number of halogens is 1. The molecule has 2 aromatic carbocycles. The third-order valence-corrected chi connectivity index (χ3v) is 3.98. The predicted molar refractivity (Wildman–Crippen MR) is 91.8 cm³/mol. The van der Waals surface area contributed by atoms with Crippen molar-refractivity contribution in [3.05, 3.63) is 57.6 Å². The van der Waals surface area contributed by atoms with Crippen LogP contribution in [0.3, 0.4) is 0 Å². The number of nitrogens with two attached hydrogens (primary N) is 1. The Bertz CT molecular complexity index is 682.